The highest BCUT2D eigenvalue weighted by Gasteiger charge is 2.48. The first kappa shape index (κ1) is 24.3. The summed E-state index contributed by atoms with van der Waals surface area (Å²) in [6.07, 6.45) is 11.0. The van der Waals surface area contributed by atoms with E-state index in [4.69, 9.17) is 4.74 Å². The lowest BCUT2D eigenvalue weighted by Gasteiger charge is -2.42. The van der Waals surface area contributed by atoms with Crippen LogP contribution in [0.4, 0.5) is 0 Å². The van der Waals surface area contributed by atoms with E-state index < -0.39 is 5.41 Å². The molecule has 0 spiro atoms. The van der Waals surface area contributed by atoms with E-state index in [1.165, 1.54) is 11.1 Å². The molecule has 0 bridgehead atoms. The van der Waals surface area contributed by atoms with Crippen molar-refractivity contribution in [2.24, 2.45) is 11.3 Å². The fourth-order valence-corrected chi connectivity index (χ4v) is 4.78. The number of hydrogen-bond donors (Lipinski definition) is 1. The Labute approximate surface area is 181 Å². The van der Waals surface area contributed by atoms with Crippen LogP contribution in [-0.4, -0.2) is 30.1 Å². The minimum Gasteiger partial charge on any atom is -0.460 e. The lowest BCUT2D eigenvalue weighted by Crippen LogP contribution is -2.40. The number of carbonyl (C=O) groups excluding carboxylic acids is 2. The van der Waals surface area contributed by atoms with Gasteiger partial charge in [-0.3, -0.25) is 9.59 Å². The first-order valence-electron chi connectivity index (χ1n) is 11.3. The quantitative estimate of drug-likeness (QED) is 0.218. The van der Waals surface area contributed by atoms with Crippen LogP contribution in [0.15, 0.2) is 46.6 Å². The number of aldehydes is 1. The molecule has 166 valence electrons. The van der Waals surface area contributed by atoms with Crippen LogP contribution in [0.3, 0.4) is 0 Å². The Kier molecular flexibility index (Phi) is 8.84. The van der Waals surface area contributed by atoms with Gasteiger partial charge in [-0.25, -0.2) is 0 Å². The Morgan fingerprint density at radius 2 is 2.10 bits per heavy atom. The summed E-state index contributed by atoms with van der Waals surface area (Å²) in [5.41, 5.74) is 4.20. The fraction of sp³-hybridized carbons (Fsp3) is 0.615. The van der Waals surface area contributed by atoms with Gasteiger partial charge in [-0.15, -0.1) is 0 Å². The Balaban J connectivity index is 2.16. The van der Waals surface area contributed by atoms with Gasteiger partial charge >= 0.3 is 5.97 Å². The molecule has 0 aromatic heterocycles. The van der Waals surface area contributed by atoms with Crippen LogP contribution in [-0.2, 0) is 14.3 Å². The van der Waals surface area contributed by atoms with Crippen molar-refractivity contribution in [3.8, 4) is 0 Å². The molecule has 2 atom stereocenters. The third-order valence-corrected chi connectivity index (χ3v) is 6.81. The van der Waals surface area contributed by atoms with Crippen molar-refractivity contribution in [2.45, 2.75) is 85.2 Å². The Morgan fingerprint density at radius 3 is 2.73 bits per heavy atom. The summed E-state index contributed by atoms with van der Waals surface area (Å²) >= 11 is 0. The van der Waals surface area contributed by atoms with Gasteiger partial charge in [-0.05, 0) is 93.4 Å². The van der Waals surface area contributed by atoms with Crippen LogP contribution in [0.5, 0.6) is 0 Å². The molecule has 1 N–H and O–H groups in total. The number of aliphatic hydroxyl groups is 1. The van der Waals surface area contributed by atoms with Gasteiger partial charge in [0.25, 0.3) is 0 Å². The predicted molar refractivity (Wildman–Crippen MR) is 121 cm³/mol. The van der Waals surface area contributed by atoms with Gasteiger partial charge in [0.1, 0.15) is 18.3 Å². The van der Waals surface area contributed by atoms with E-state index in [2.05, 4.69) is 19.6 Å². The summed E-state index contributed by atoms with van der Waals surface area (Å²) in [4.78, 5) is 24.8. The average Bonchev–Trinajstić information content (AvgIpc) is 2.74. The molecule has 0 aliphatic heterocycles. The SMILES string of the molecule is C=CC1=CCCC2=C(C)CCC[C@]12C(=O)OC/C(CCCC(O)C(C)C)=C(/C)C=O. The van der Waals surface area contributed by atoms with Crippen molar-refractivity contribution in [3.05, 3.63) is 46.6 Å². The van der Waals surface area contributed by atoms with Crippen LogP contribution >= 0.6 is 0 Å². The molecular weight excluding hydrogens is 376 g/mol. The van der Waals surface area contributed by atoms with Crippen LogP contribution in [0.1, 0.15) is 79.1 Å². The molecular formula is C26H38O4. The third kappa shape index (κ3) is 5.21. The zero-order chi connectivity index (χ0) is 22.3. The lowest BCUT2D eigenvalue weighted by molar-refractivity contribution is -0.151. The van der Waals surface area contributed by atoms with E-state index in [9.17, 15) is 14.7 Å². The summed E-state index contributed by atoms with van der Waals surface area (Å²) in [6, 6.07) is 0. The van der Waals surface area contributed by atoms with Gasteiger partial charge in [-0.2, -0.15) is 0 Å². The second-order valence-electron chi connectivity index (χ2n) is 9.10. The van der Waals surface area contributed by atoms with Gasteiger partial charge in [0, 0.05) is 0 Å². The van der Waals surface area contributed by atoms with Crippen molar-refractivity contribution in [1.82, 2.24) is 0 Å². The van der Waals surface area contributed by atoms with E-state index >= 15 is 0 Å². The lowest BCUT2D eigenvalue weighted by atomic mass is 9.62. The summed E-state index contributed by atoms with van der Waals surface area (Å²) in [5, 5.41) is 10.0. The second kappa shape index (κ2) is 10.9. The monoisotopic (exact) mass is 414 g/mol. The Hall–Kier alpha value is -1.94. The molecule has 0 aromatic carbocycles. The number of fused-ring (bicyclic) bond motifs is 1. The Bertz CT molecular complexity index is 753. The highest BCUT2D eigenvalue weighted by molar-refractivity contribution is 5.87. The van der Waals surface area contributed by atoms with Gasteiger partial charge in [0.2, 0.25) is 0 Å². The van der Waals surface area contributed by atoms with Crippen LogP contribution < -0.4 is 0 Å². The second-order valence-corrected chi connectivity index (χ2v) is 9.10. The van der Waals surface area contributed by atoms with Crippen molar-refractivity contribution >= 4 is 12.3 Å². The summed E-state index contributed by atoms with van der Waals surface area (Å²) in [6.45, 7) is 12.0. The molecule has 2 aliphatic carbocycles. The molecule has 0 saturated heterocycles. The zero-order valence-electron chi connectivity index (χ0n) is 19.1. The first-order valence-corrected chi connectivity index (χ1v) is 11.3. The van der Waals surface area contributed by atoms with Gasteiger partial charge in [0.15, 0.2) is 0 Å². The van der Waals surface area contributed by atoms with Crippen LogP contribution in [0.25, 0.3) is 0 Å². The van der Waals surface area contributed by atoms with Crippen molar-refractivity contribution in [3.63, 3.8) is 0 Å². The number of hydrogen-bond acceptors (Lipinski definition) is 4. The standard InChI is InChI=1S/C26H38O4/c1-6-22-12-8-13-23-19(4)10-9-15-26(22,23)25(29)30-17-21(20(5)16-27)11-7-14-24(28)18(2)3/h6,12,16,18,24,28H,1,7-11,13-15,17H2,2-5H3/b21-20-/t24?,26-/m0/s1. The van der Waals surface area contributed by atoms with E-state index in [1.54, 1.807) is 13.0 Å². The maximum absolute atomic E-state index is 13.5. The molecule has 0 amide bonds. The van der Waals surface area contributed by atoms with Crippen LogP contribution in [0.2, 0.25) is 0 Å². The molecule has 2 aliphatic rings. The largest absolute Gasteiger partial charge is 0.460 e. The molecule has 0 heterocycles. The number of carbonyl (C=O) groups is 2. The summed E-state index contributed by atoms with van der Waals surface area (Å²) in [7, 11) is 0. The number of ether oxygens (including phenoxy) is 1. The summed E-state index contributed by atoms with van der Waals surface area (Å²) < 4.78 is 5.87. The third-order valence-electron chi connectivity index (χ3n) is 6.81. The molecule has 4 heteroatoms. The number of esters is 1. The molecule has 2 rings (SSSR count). The van der Waals surface area contributed by atoms with E-state index in [1.807, 2.05) is 13.8 Å². The first-order chi connectivity index (χ1) is 14.3. The highest BCUT2D eigenvalue weighted by atomic mass is 16.5. The minimum atomic E-state index is -0.712. The molecule has 0 saturated carbocycles. The molecule has 30 heavy (non-hydrogen) atoms. The summed E-state index contributed by atoms with van der Waals surface area (Å²) in [5.74, 6) is -0.0162. The molecule has 4 nitrogen and oxygen atoms in total. The maximum Gasteiger partial charge on any atom is 0.321 e. The minimum absolute atomic E-state index is 0.125. The van der Waals surface area contributed by atoms with Gasteiger partial charge in [0.05, 0.1) is 6.10 Å². The molecule has 1 unspecified atom stereocenters. The van der Waals surface area contributed by atoms with Gasteiger partial charge in [-0.1, -0.05) is 38.2 Å². The van der Waals surface area contributed by atoms with E-state index in [0.717, 1.165) is 56.0 Å². The highest BCUT2D eigenvalue weighted by Crippen LogP contribution is 2.52. The topological polar surface area (TPSA) is 63.6 Å². The Morgan fingerprint density at radius 1 is 1.37 bits per heavy atom. The molecule has 0 fully saturated rings. The maximum atomic E-state index is 13.5. The average molecular weight is 415 g/mol. The van der Waals surface area contributed by atoms with Crippen molar-refractivity contribution < 1.29 is 19.4 Å². The van der Waals surface area contributed by atoms with Crippen molar-refractivity contribution in [2.75, 3.05) is 6.61 Å². The molecule has 0 aromatic rings. The number of aliphatic hydroxyl groups excluding tert-OH is 1. The zero-order valence-corrected chi connectivity index (χ0v) is 19.1. The fourth-order valence-electron chi connectivity index (χ4n) is 4.78. The van der Waals surface area contributed by atoms with Gasteiger partial charge < -0.3 is 9.84 Å². The predicted octanol–water partition coefficient (Wildman–Crippen LogP) is 5.63. The smallest absolute Gasteiger partial charge is 0.321 e. The normalized spacial score (nSPS) is 23.3. The molecule has 0 radical (unpaired) electrons. The number of rotatable bonds is 10. The van der Waals surface area contributed by atoms with E-state index in [0.29, 0.717) is 18.4 Å². The van der Waals surface area contributed by atoms with E-state index in [-0.39, 0.29) is 24.6 Å². The van der Waals surface area contributed by atoms with Crippen molar-refractivity contribution in [1.29, 1.82) is 0 Å². The van der Waals surface area contributed by atoms with Crippen LogP contribution in [0, 0.1) is 11.3 Å². The number of allylic oxidation sites excluding steroid dienone is 4.